The van der Waals surface area contributed by atoms with Crippen LogP contribution in [0.2, 0.25) is 0 Å². The monoisotopic (exact) mass is 431 g/mol. The van der Waals surface area contributed by atoms with Crippen LogP contribution in [0.1, 0.15) is 109 Å². The Morgan fingerprint density at radius 2 is 1.48 bits per heavy atom. The van der Waals surface area contributed by atoms with Gasteiger partial charge in [-0.1, -0.05) is 82.9 Å². The molecule has 4 nitrogen and oxygen atoms in total. The van der Waals surface area contributed by atoms with Crippen molar-refractivity contribution in [3.05, 3.63) is 35.9 Å². The quantitative estimate of drug-likeness (QED) is 0.177. The number of methoxy groups -OCH3 is 1. The number of aromatic hydroxyl groups is 1. The number of carbonyl (C=O) groups is 1. The van der Waals surface area contributed by atoms with Gasteiger partial charge < -0.3 is 15.2 Å². The summed E-state index contributed by atoms with van der Waals surface area (Å²) in [6, 6.07) is 5.13. The second-order valence-corrected chi connectivity index (χ2v) is 8.47. The van der Waals surface area contributed by atoms with Crippen LogP contribution in [-0.2, 0) is 11.3 Å². The third-order valence-corrected chi connectivity index (χ3v) is 5.65. The number of hydrogen-bond acceptors (Lipinski definition) is 3. The molecule has 0 spiro atoms. The van der Waals surface area contributed by atoms with E-state index in [0.29, 0.717) is 18.7 Å². The van der Waals surface area contributed by atoms with Crippen LogP contribution in [0.15, 0.2) is 30.4 Å². The van der Waals surface area contributed by atoms with Gasteiger partial charge in [0.1, 0.15) is 0 Å². The van der Waals surface area contributed by atoms with E-state index in [1.54, 1.807) is 18.2 Å². The maximum Gasteiger partial charge on any atom is 0.220 e. The van der Waals surface area contributed by atoms with Crippen molar-refractivity contribution < 1.29 is 14.6 Å². The maximum absolute atomic E-state index is 12.0. The lowest BCUT2D eigenvalue weighted by Crippen LogP contribution is -2.22. The van der Waals surface area contributed by atoms with Gasteiger partial charge in [-0.15, -0.1) is 0 Å². The van der Waals surface area contributed by atoms with Gasteiger partial charge in [0.15, 0.2) is 11.5 Å². The Morgan fingerprint density at radius 3 is 2.10 bits per heavy atom. The van der Waals surface area contributed by atoms with Crippen LogP contribution in [0, 0.1) is 0 Å². The highest BCUT2D eigenvalue weighted by Crippen LogP contribution is 2.26. The molecule has 0 aliphatic heterocycles. The molecular formula is C27H45NO3. The number of allylic oxidation sites excluding steroid dienone is 2. The molecule has 1 aromatic rings. The largest absolute Gasteiger partial charge is 0.504 e. The number of carbonyl (C=O) groups excluding carboxylic acids is 1. The summed E-state index contributed by atoms with van der Waals surface area (Å²) in [7, 11) is 1.52. The summed E-state index contributed by atoms with van der Waals surface area (Å²) in [5.74, 6) is 0.631. The van der Waals surface area contributed by atoms with Crippen molar-refractivity contribution in [3.63, 3.8) is 0 Å². The van der Waals surface area contributed by atoms with Crippen LogP contribution in [0.25, 0.3) is 0 Å². The summed E-state index contributed by atoms with van der Waals surface area (Å²) in [4.78, 5) is 12.0. The van der Waals surface area contributed by atoms with E-state index in [-0.39, 0.29) is 11.7 Å². The van der Waals surface area contributed by atoms with Gasteiger partial charge in [-0.25, -0.2) is 0 Å². The third kappa shape index (κ3) is 14.6. The second-order valence-electron chi connectivity index (χ2n) is 8.47. The highest BCUT2D eigenvalue weighted by molar-refractivity contribution is 5.75. The molecule has 176 valence electrons. The van der Waals surface area contributed by atoms with Gasteiger partial charge in [-0.05, 0) is 49.8 Å². The average molecular weight is 432 g/mol. The summed E-state index contributed by atoms with van der Waals surface area (Å²) in [6.07, 6.45) is 23.1. The van der Waals surface area contributed by atoms with Gasteiger partial charge in [0.2, 0.25) is 5.91 Å². The molecule has 0 atom stereocenters. The van der Waals surface area contributed by atoms with E-state index in [1.165, 1.54) is 84.2 Å². The van der Waals surface area contributed by atoms with Crippen LogP contribution in [0.4, 0.5) is 0 Å². The summed E-state index contributed by atoms with van der Waals surface area (Å²) >= 11 is 0. The Kier molecular flexibility index (Phi) is 16.4. The van der Waals surface area contributed by atoms with Crippen molar-refractivity contribution in [3.8, 4) is 11.5 Å². The topological polar surface area (TPSA) is 58.6 Å². The minimum Gasteiger partial charge on any atom is -0.504 e. The van der Waals surface area contributed by atoms with Crippen LogP contribution in [0.5, 0.6) is 11.5 Å². The van der Waals surface area contributed by atoms with Gasteiger partial charge in [0, 0.05) is 13.0 Å². The molecule has 0 unspecified atom stereocenters. The lowest BCUT2D eigenvalue weighted by atomic mass is 10.1. The second kappa shape index (κ2) is 18.8. The Morgan fingerprint density at radius 1 is 0.903 bits per heavy atom. The fourth-order valence-electron chi connectivity index (χ4n) is 3.65. The van der Waals surface area contributed by atoms with Crippen molar-refractivity contribution >= 4 is 5.91 Å². The van der Waals surface area contributed by atoms with E-state index in [9.17, 15) is 9.90 Å². The van der Waals surface area contributed by atoms with Crippen molar-refractivity contribution in [2.75, 3.05) is 7.11 Å². The van der Waals surface area contributed by atoms with Crippen LogP contribution >= 0.6 is 0 Å². The third-order valence-electron chi connectivity index (χ3n) is 5.65. The summed E-state index contributed by atoms with van der Waals surface area (Å²) in [6.45, 7) is 2.72. The maximum atomic E-state index is 12.0. The molecular weight excluding hydrogens is 386 g/mol. The van der Waals surface area contributed by atoms with E-state index in [0.717, 1.165) is 18.4 Å². The number of rotatable bonds is 19. The van der Waals surface area contributed by atoms with Crippen LogP contribution in [-0.4, -0.2) is 18.1 Å². The fourth-order valence-corrected chi connectivity index (χ4v) is 3.65. The molecule has 0 radical (unpaired) electrons. The number of unbranched alkanes of at least 4 members (excludes halogenated alkanes) is 12. The molecule has 0 fully saturated rings. The first-order chi connectivity index (χ1) is 15.2. The first-order valence-corrected chi connectivity index (χ1v) is 12.4. The molecule has 0 bridgehead atoms. The predicted molar refractivity (Wildman–Crippen MR) is 131 cm³/mol. The normalized spacial score (nSPS) is 11.2. The SMILES string of the molecule is CCCCCCC/C=C\CCCCCCCCCC(=O)NCc1ccc(O)c(OC)c1. The lowest BCUT2D eigenvalue weighted by molar-refractivity contribution is -0.121. The van der Waals surface area contributed by atoms with Crippen molar-refractivity contribution in [2.24, 2.45) is 0 Å². The Bertz CT molecular complexity index is 612. The molecule has 31 heavy (non-hydrogen) atoms. The van der Waals surface area contributed by atoms with Crippen LogP contribution in [0.3, 0.4) is 0 Å². The standard InChI is InChI=1S/C27H45NO3/c1-3-4-5-6-7-8-9-10-11-12-13-14-15-16-17-18-19-27(30)28-23-24-20-21-25(29)26(22-24)31-2/h9-10,20-22,29H,3-8,11-19,23H2,1-2H3,(H,28,30)/b10-9-. The molecule has 0 aliphatic rings. The van der Waals surface area contributed by atoms with Gasteiger partial charge in [0.25, 0.3) is 0 Å². The first-order valence-electron chi connectivity index (χ1n) is 12.4. The number of phenols is 1. The number of amides is 1. The molecule has 0 saturated heterocycles. The molecule has 2 N–H and O–H groups in total. The minimum atomic E-state index is 0.0872. The molecule has 1 amide bonds. The molecule has 4 heteroatoms. The van der Waals surface area contributed by atoms with E-state index in [4.69, 9.17) is 4.74 Å². The van der Waals surface area contributed by atoms with Gasteiger partial charge >= 0.3 is 0 Å². The van der Waals surface area contributed by atoms with Gasteiger partial charge in [-0.3, -0.25) is 4.79 Å². The zero-order valence-electron chi connectivity index (χ0n) is 20.0. The lowest BCUT2D eigenvalue weighted by Gasteiger charge is -2.08. The smallest absolute Gasteiger partial charge is 0.220 e. The Balaban J connectivity index is 1.90. The van der Waals surface area contributed by atoms with Gasteiger partial charge in [0.05, 0.1) is 7.11 Å². The molecule has 1 aromatic carbocycles. The fraction of sp³-hybridized carbons (Fsp3) is 0.667. The zero-order valence-corrected chi connectivity index (χ0v) is 20.0. The Hall–Kier alpha value is -1.97. The predicted octanol–water partition coefficient (Wildman–Crippen LogP) is 7.44. The Labute approximate surface area is 190 Å². The van der Waals surface area contributed by atoms with E-state index in [2.05, 4.69) is 24.4 Å². The average Bonchev–Trinajstić information content (AvgIpc) is 2.78. The van der Waals surface area contributed by atoms with Crippen molar-refractivity contribution in [2.45, 2.75) is 110 Å². The number of phenolic OH excluding ortho intramolecular Hbond substituents is 1. The van der Waals surface area contributed by atoms with E-state index >= 15 is 0 Å². The molecule has 0 aliphatic carbocycles. The molecule has 0 aromatic heterocycles. The summed E-state index contributed by atoms with van der Waals surface area (Å²) in [5, 5.41) is 12.5. The number of ether oxygens (including phenoxy) is 1. The van der Waals surface area contributed by atoms with E-state index < -0.39 is 0 Å². The number of nitrogens with one attached hydrogen (secondary N) is 1. The molecule has 0 heterocycles. The molecule has 0 saturated carbocycles. The van der Waals surface area contributed by atoms with Gasteiger partial charge in [-0.2, -0.15) is 0 Å². The highest BCUT2D eigenvalue weighted by Gasteiger charge is 2.05. The first kappa shape index (κ1) is 27.1. The highest BCUT2D eigenvalue weighted by atomic mass is 16.5. The minimum absolute atomic E-state index is 0.0872. The van der Waals surface area contributed by atoms with Crippen molar-refractivity contribution in [1.82, 2.24) is 5.32 Å². The summed E-state index contributed by atoms with van der Waals surface area (Å²) in [5.41, 5.74) is 0.921. The van der Waals surface area contributed by atoms with Crippen molar-refractivity contribution in [1.29, 1.82) is 0 Å². The number of hydrogen-bond donors (Lipinski definition) is 2. The van der Waals surface area contributed by atoms with Crippen LogP contribution < -0.4 is 10.1 Å². The van der Waals surface area contributed by atoms with E-state index in [1.807, 2.05) is 0 Å². The molecule has 1 rings (SSSR count). The summed E-state index contributed by atoms with van der Waals surface area (Å²) < 4.78 is 5.09. The number of benzene rings is 1. The zero-order chi connectivity index (χ0) is 22.6.